The van der Waals surface area contributed by atoms with Crippen molar-refractivity contribution in [1.29, 1.82) is 0 Å². The Balaban J connectivity index is 1.81. The summed E-state index contributed by atoms with van der Waals surface area (Å²) in [6, 6.07) is 5.65. The van der Waals surface area contributed by atoms with Crippen LogP contribution in [0.1, 0.15) is 69.2 Å². The van der Waals surface area contributed by atoms with Gasteiger partial charge in [-0.05, 0) is 48.8 Å². The van der Waals surface area contributed by atoms with Gasteiger partial charge in [-0.25, -0.2) is 0 Å². The number of ether oxygens (including phenoxy) is 1. The first kappa shape index (κ1) is 25.3. The summed E-state index contributed by atoms with van der Waals surface area (Å²) in [5.74, 6) is -2.80. The summed E-state index contributed by atoms with van der Waals surface area (Å²) in [6.45, 7) is 3.73. The van der Waals surface area contributed by atoms with Gasteiger partial charge in [0.05, 0.1) is 12.7 Å². The molecule has 0 bridgehead atoms. The third kappa shape index (κ3) is 4.45. The molecule has 1 aromatic rings. The SMILES string of the molecule is COc1cccc(C(=O)NC2(C(F)(F)F)C(=O)N(CC3CCCCC3)C3=C2C(=O)CC(C)(C)C3)c1. The van der Waals surface area contributed by atoms with Crippen LogP contribution in [-0.4, -0.2) is 47.9 Å². The van der Waals surface area contributed by atoms with Crippen molar-refractivity contribution >= 4 is 17.6 Å². The number of carbonyl (C=O) groups excluding carboxylic acids is 3. The van der Waals surface area contributed by atoms with Gasteiger partial charge in [0.2, 0.25) is 5.54 Å². The lowest BCUT2D eigenvalue weighted by Crippen LogP contribution is -2.66. The van der Waals surface area contributed by atoms with Gasteiger partial charge in [0.15, 0.2) is 5.78 Å². The molecule has 0 spiro atoms. The molecule has 0 aromatic heterocycles. The van der Waals surface area contributed by atoms with Crippen molar-refractivity contribution in [3.05, 3.63) is 41.1 Å². The van der Waals surface area contributed by atoms with Gasteiger partial charge in [0, 0.05) is 24.2 Å². The number of nitrogens with zero attached hydrogens (tertiary/aromatic N) is 1. The van der Waals surface area contributed by atoms with Crippen molar-refractivity contribution in [2.24, 2.45) is 11.3 Å². The number of alkyl halides is 3. The minimum Gasteiger partial charge on any atom is -0.497 e. The van der Waals surface area contributed by atoms with Gasteiger partial charge < -0.3 is 15.0 Å². The van der Waals surface area contributed by atoms with E-state index in [0.717, 1.165) is 37.0 Å². The zero-order valence-electron chi connectivity index (χ0n) is 20.3. The van der Waals surface area contributed by atoms with Gasteiger partial charge in [-0.2, -0.15) is 13.2 Å². The molecular formula is C26H31F3N2O4. The van der Waals surface area contributed by atoms with Crippen LogP contribution in [-0.2, 0) is 9.59 Å². The zero-order chi connectivity index (χ0) is 25.6. The normalized spacial score (nSPS) is 25.0. The van der Waals surface area contributed by atoms with Crippen LogP contribution in [0.2, 0.25) is 0 Å². The van der Waals surface area contributed by atoms with E-state index in [4.69, 9.17) is 4.74 Å². The van der Waals surface area contributed by atoms with Gasteiger partial charge >= 0.3 is 6.18 Å². The molecule has 6 nitrogen and oxygen atoms in total. The van der Waals surface area contributed by atoms with E-state index >= 15 is 0 Å². The lowest BCUT2D eigenvalue weighted by atomic mass is 9.72. The molecular weight excluding hydrogens is 461 g/mol. The quantitative estimate of drug-likeness (QED) is 0.641. The summed E-state index contributed by atoms with van der Waals surface area (Å²) in [5, 5.41) is 1.98. The molecule has 1 saturated carbocycles. The highest BCUT2D eigenvalue weighted by Gasteiger charge is 2.71. The monoisotopic (exact) mass is 492 g/mol. The second kappa shape index (κ2) is 8.99. The molecule has 1 heterocycles. The maximum atomic E-state index is 14.9. The average Bonchev–Trinajstić information content (AvgIpc) is 3.02. The van der Waals surface area contributed by atoms with Crippen molar-refractivity contribution < 1.29 is 32.3 Å². The zero-order valence-corrected chi connectivity index (χ0v) is 20.3. The molecule has 0 radical (unpaired) electrons. The van der Waals surface area contributed by atoms with Crippen molar-refractivity contribution in [2.75, 3.05) is 13.7 Å². The summed E-state index contributed by atoms with van der Waals surface area (Å²) >= 11 is 0. The van der Waals surface area contributed by atoms with Crippen LogP contribution < -0.4 is 10.1 Å². The minimum atomic E-state index is -5.21. The molecule has 1 N–H and O–H groups in total. The van der Waals surface area contributed by atoms with E-state index in [9.17, 15) is 27.6 Å². The molecule has 2 amide bonds. The van der Waals surface area contributed by atoms with Crippen LogP contribution in [0, 0.1) is 11.3 Å². The molecule has 2 aliphatic carbocycles. The minimum absolute atomic E-state index is 0.0553. The number of rotatable bonds is 5. The smallest absolute Gasteiger partial charge is 0.425 e. The Morgan fingerprint density at radius 3 is 2.46 bits per heavy atom. The number of allylic oxidation sites excluding steroid dienone is 1. The second-order valence-electron chi connectivity index (χ2n) is 10.6. The molecule has 1 unspecified atom stereocenters. The van der Waals surface area contributed by atoms with Crippen molar-refractivity contribution in [1.82, 2.24) is 10.2 Å². The number of hydrogen-bond donors (Lipinski definition) is 1. The lowest BCUT2D eigenvalue weighted by Gasteiger charge is -2.35. The largest absolute Gasteiger partial charge is 0.497 e. The number of carbonyl (C=O) groups is 3. The highest BCUT2D eigenvalue weighted by atomic mass is 19.4. The molecule has 3 aliphatic rings. The van der Waals surface area contributed by atoms with Gasteiger partial charge in [0.1, 0.15) is 5.75 Å². The number of hydrogen-bond acceptors (Lipinski definition) is 4. The number of Topliss-reactive ketones (excluding diaryl/α,β-unsaturated/α-hetero) is 1. The highest BCUT2D eigenvalue weighted by molar-refractivity contribution is 6.14. The molecule has 190 valence electrons. The van der Waals surface area contributed by atoms with E-state index in [1.807, 2.05) is 5.32 Å². The average molecular weight is 493 g/mol. The van der Waals surface area contributed by atoms with E-state index in [1.165, 1.54) is 25.3 Å². The van der Waals surface area contributed by atoms with Crippen LogP contribution in [0.4, 0.5) is 13.2 Å². The van der Waals surface area contributed by atoms with Gasteiger partial charge in [-0.3, -0.25) is 14.4 Å². The Bertz CT molecular complexity index is 1070. The van der Waals surface area contributed by atoms with Crippen molar-refractivity contribution in [3.8, 4) is 5.75 Å². The number of nitrogens with one attached hydrogen (secondary N) is 1. The van der Waals surface area contributed by atoms with E-state index in [2.05, 4.69) is 0 Å². The number of benzene rings is 1. The van der Waals surface area contributed by atoms with E-state index in [1.54, 1.807) is 19.9 Å². The van der Waals surface area contributed by atoms with Crippen molar-refractivity contribution in [2.45, 2.75) is 70.5 Å². The fourth-order valence-electron chi connectivity index (χ4n) is 5.65. The lowest BCUT2D eigenvalue weighted by molar-refractivity contribution is -0.190. The third-order valence-corrected chi connectivity index (χ3v) is 7.34. The van der Waals surface area contributed by atoms with Crippen LogP contribution in [0.15, 0.2) is 35.5 Å². The van der Waals surface area contributed by atoms with E-state index in [0.29, 0.717) is 0 Å². The van der Waals surface area contributed by atoms with E-state index < -0.39 is 40.3 Å². The fourth-order valence-corrected chi connectivity index (χ4v) is 5.65. The Morgan fingerprint density at radius 2 is 1.83 bits per heavy atom. The van der Waals surface area contributed by atoms with Gasteiger partial charge in [-0.1, -0.05) is 39.2 Å². The summed E-state index contributed by atoms with van der Waals surface area (Å²) in [5.41, 5.74) is -4.63. The van der Waals surface area contributed by atoms with Gasteiger partial charge in [-0.15, -0.1) is 0 Å². The molecule has 4 rings (SSSR count). The third-order valence-electron chi connectivity index (χ3n) is 7.34. The molecule has 1 atom stereocenters. The first-order valence-electron chi connectivity index (χ1n) is 12.0. The summed E-state index contributed by atoms with van der Waals surface area (Å²) in [7, 11) is 1.37. The highest BCUT2D eigenvalue weighted by Crippen LogP contribution is 2.52. The topological polar surface area (TPSA) is 75.7 Å². The first-order chi connectivity index (χ1) is 16.4. The molecule has 9 heteroatoms. The van der Waals surface area contributed by atoms with E-state index in [-0.39, 0.29) is 42.3 Å². The Morgan fingerprint density at radius 1 is 1.14 bits per heavy atom. The standard InChI is InChI=1S/C26H31F3N2O4/c1-24(2)13-19-21(20(32)14-24)25(26(27,28)29,23(34)31(19)15-16-8-5-4-6-9-16)30-22(33)17-10-7-11-18(12-17)35-3/h7,10-12,16H,4-6,8-9,13-15H2,1-3H3,(H,30,33). The predicted octanol–water partition coefficient (Wildman–Crippen LogP) is 4.79. The molecule has 0 saturated heterocycles. The Kier molecular flexibility index (Phi) is 6.49. The van der Waals surface area contributed by atoms with Crippen molar-refractivity contribution in [3.63, 3.8) is 0 Å². The van der Waals surface area contributed by atoms with Gasteiger partial charge in [0.25, 0.3) is 11.8 Å². The number of ketones is 1. The molecule has 35 heavy (non-hydrogen) atoms. The molecule has 1 aromatic carbocycles. The number of amides is 2. The van der Waals surface area contributed by atoms with Crippen LogP contribution >= 0.6 is 0 Å². The fraction of sp³-hybridized carbons (Fsp3) is 0.577. The maximum Gasteiger partial charge on any atom is 0.425 e. The van der Waals surface area contributed by atoms with Crippen LogP contribution in [0.3, 0.4) is 0 Å². The van der Waals surface area contributed by atoms with Crippen LogP contribution in [0.5, 0.6) is 5.75 Å². The number of methoxy groups -OCH3 is 1. The predicted molar refractivity (Wildman–Crippen MR) is 123 cm³/mol. The molecule has 1 fully saturated rings. The Hall–Kier alpha value is -2.84. The summed E-state index contributed by atoms with van der Waals surface area (Å²) in [6.07, 6.45) is -0.578. The number of halogens is 3. The Labute approximate surface area is 202 Å². The summed E-state index contributed by atoms with van der Waals surface area (Å²) in [4.78, 5) is 41.2. The second-order valence-corrected chi connectivity index (χ2v) is 10.6. The molecule has 1 aliphatic heterocycles. The van der Waals surface area contributed by atoms with Crippen LogP contribution in [0.25, 0.3) is 0 Å². The summed E-state index contributed by atoms with van der Waals surface area (Å²) < 4.78 is 49.8. The first-order valence-corrected chi connectivity index (χ1v) is 12.0. The maximum absolute atomic E-state index is 14.9.